The molecule has 5 nitrogen and oxygen atoms in total. The first-order valence-electron chi connectivity index (χ1n) is 5.92. The Morgan fingerprint density at radius 2 is 2.00 bits per heavy atom. The Hall–Kier alpha value is -1.36. The van der Waals surface area contributed by atoms with Gasteiger partial charge < -0.3 is 15.2 Å². The topological polar surface area (TPSA) is 61.0 Å². The summed E-state index contributed by atoms with van der Waals surface area (Å²) in [5.74, 6) is 0.925. The molecule has 0 unspecified atom stereocenters. The number of nitrogens with one attached hydrogen (secondary N) is 2. The van der Waals surface area contributed by atoms with Crippen LogP contribution in [0.15, 0.2) is 4.79 Å². The lowest BCUT2D eigenvalue weighted by atomic mass is 10.1. The Labute approximate surface area is 93.9 Å². The zero-order chi connectivity index (χ0) is 11.0. The molecule has 0 radical (unpaired) electrons. The molecule has 1 saturated heterocycles. The molecule has 5 heteroatoms. The van der Waals surface area contributed by atoms with Gasteiger partial charge in [0.2, 0.25) is 0 Å². The molecule has 3 heterocycles. The molecule has 0 spiro atoms. The van der Waals surface area contributed by atoms with Gasteiger partial charge in [-0.05, 0) is 19.4 Å². The molecule has 1 aromatic heterocycles. The van der Waals surface area contributed by atoms with Crippen LogP contribution in [0, 0.1) is 0 Å². The molecule has 0 amide bonds. The van der Waals surface area contributed by atoms with Crippen LogP contribution in [-0.2, 0) is 12.8 Å². The van der Waals surface area contributed by atoms with E-state index in [4.69, 9.17) is 0 Å². The first kappa shape index (κ1) is 9.84. The van der Waals surface area contributed by atoms with Gasteiger partial charge in [0.15, 0.2) is 0 Å². The Balaban J connectivity index is 2.07. The van der Waals surface area contributed by atoms with E-state index in [1.807, 2.05) is 0 Å². The predicted octanol–water partition coefficient (Wildman–Crippen LogP) is -0.332. The highest BCUT2D eigenvalue weighted by molar-refractivity contribution is 5.50. The van der Waals surface area contributed by atoms with E-state index in [1.54, 1.807) is 0 Å². The van der Waals surface area contributed by atoms with Gasteiger partial charge in [-0.15, -0.1) is 0 Å². The average molecular weight is 220 g/mol. The third-order valence-corrected chi connectivity index (χ3v) is 3.36. The minimum Gasteiger partial charge on any atom is -0.356 e. The van der Waals surface area contributed by atoms with Crippen LogP contribution in [0.4, 0.5) is 5.82 Å². The smallest absolute Gasteiger partial charge is 0.347 e. The first-order chi connectivity index (χ1) is 7.84. The van der Waals surface area contributed by atoms with Crippen LogP contribution in [0.1, 0.15) is 17.7 Å². The molecular weight excluding hydrogens is 204 g/mol. The fraction of sp³-hybridized carbons (Fsp3) is 0.636. The highest BCUT2D eigenvalue weighted by Gasteiger charge is 2.22. The monoisotopic (exact) mass is 220 g/mol. The minimum atomic E-state index is -0.206. The minimum absolute atomic E-state index is 0.206. The molecule has 0 aliphatic carbocycles. The van der Waals surface area contributed by atoms with Gasteiger partial charge >= 0.3 is 5.69 Å². The van der Waals surface area contributed by atoms with Crippen molar-refractivity contribution in [2.75, 3.05) is 31.1 Å². The van der Waals surface area contributed by atoms with E-state index in [1.165, 1.54) is 12.0 Å². The van der Waals surface area contributed by atoms with Crippen molar-refractivity contribution in [3.63, 3.8) is 0 Å². The Bertz CT molecular complexity index is 450. The summed E-state index contributed by atoms with van der Waals surface area (Å²) >= 11 is 0. The van der Waals surface area contributed by atoms with Gasteiger partial charge in [0, 0.05) is 37.3 Å². The molecule has 0 saturated carbocycles. The first-order valence-corrected chi connectivity index (χ1v) is 5.92. The number of anilines is 1. The highest BCUT2D eigenvalue weighted by atomic mass is 16.1. The van der Waals surface area contributed by atoms with Gasteiger partial charge in [0.1, 0.15) is 5.82 Å². The lowest BCUT2D eigenvalue weighted by Gasteiger charge is -2.33. The summed E-state index contributed by atoms with van der Waals surface area (Å²) in [5.41, 5.74) is 2.11. The van der Waals surface area contributed by atoms with Gasteiger partial charge in [-0.2, -0.15) is 4.98 Å². The lowest BCUT2D eigenvalue weighted by Crippen LogP contribution is -2.40. The zero-order valence-corrected chi connectivity index (χ0v) is 9.25. The number of hydrogen-bond acceptors (Lipinski definition) is 4. The standard InChI is InChI=1S/C11H16N4O/c16-11-13-9-3-5-12-4-2-8(9)10(14-11)15-6-1-7-15/h12H,1-7H2,(H,13,14,16). The summed E-state index contributed by atoms with van der Waals surface area (Å²) in [5, 5.41) is 3.35. The average Bonchev–Trinajstić information content (AvgIpc) is 2.39. The van der Waals surface area contributed by atoms with Gasteiger partial charge in [-0.25, -0.2) is 4.79 Å². The largest absolute Gasteiger partial charge is 0.356 e. The van der Waals surface area contributed by atoms with Crippen molar-refractivity contribution in [2.24, 2.45) is 0 Å². The predicted molar refractivity (Wildman–Crippen MR) is 62.0 cm³/mol. The molecule has 86 valence electrons. The molecule has 2 aliphatic rings. The fourth-order valence-corrected chi connectivity index (χ4v) is 2.35. The van der Waals surface area contributed by atoms with Crippen molar-refractivity contribution in [1.82, 2.24) is 15.3 Å². The molecule has 0 bridgehead atoms. The van der Waals surface area contributed by atoms with E-state index >= 15 is 0 Å². The van der Waals surface area contributed by atoms with Crippen molar-refractivity contribution in [2.45, 2.75) is 19.3 Å². The second kappa shape index (κ2) is 3.90. The van der Waals surface area contributed by atoms with Gasteiger partial charge in [0.25, 0.3) is 0 Å². The van der Waals surface area contributed by atoms with E-state index in [0.29, 0.717) is 0 Å². The summed E-state index contributed by atoms with van der Waals surface area (Å²) in [6, 6.07) is 0. The summed E-state index contributed by atoms with van der Waals surface area (Å²) in [7, 11) is 0. The number of fused-ring (bicyclic) bond motifs is 1. The third-order valence-electron chi connectivity index (χ3n) is 3.36. The maximum absolute atomic E-state index is 11.5. The van der Waals surface area contributed by atoms with E-state index in [0.717, 1.165) is 50.5 Å². The van der Waals surface area contributed by atoms with Crippen molar-refractivity contribution in [3.05, 3.63) is 21.7 Å². The normalized spacial score (nSPS) is 19.9. The van der Waals surface area contributed by atoms with Crippen molar-refractivity contribution >= 4 is 5.82 Å². The molecule has 0 aromatic carbocycles. The number of aromatic nitrogens is 2. The quantitative estimate of drug-likeness (QED) is 0.680. The lowest BCUT2D eigenvalue weighted by molar-refractivity contribution is 0.602. The molecule has 1 fully saturated rings. The SMILES string of the molecule is O=c1nc(N2CCC2)c2c([nH]1)CCNCC2. The van der Waals surface area contributed by atoms with Crippen LogP contribution in [0.25, 0.3) is 0 Å². The van der Waals surface area contributed by atoms with Crippen LogP contribution in [0.2, 0.25) is 0 Å². The molecule has 16 heavy (non-hydrogen) atoms. The van der Waals surface area contributed by atoms with E-state index in [2.05, 4.69) is 20.2 Å². The maximum atomic E-state index is 11.5. The summed E-state index contributed by atoms with van der Waals surface area (Å²) in [6.07, 6.45) is 3.07. The number of H-pyrrole nitrogens is 1. The van der Waals surface area contributed by atoms with Crippen molar-refractivity contribution in [3.8, 4) is 0 Å². The summed E-state index contributed by atoms with van der Waals surface area (Å²) in [4.78, 5) is 20.7. The Morgan fingerprint density at radius 1 is 1.19 bits per heavy atom. The second-order valence-electron chi connectivity index (χ2n) is 4.41. The van der Waals surface area contributed by atoms with Crippen LogP contribution >= 0.6 is 0 Å². The molecule has 0 atom stereocenters. The second-order valence-corrected chi connectivity index (χ2v) is 4.41. The number of hydrogen-bond donors (Lipinski definition) is 2. The molecule has 1 aromatic rings. The maximum Gasteiger partial charge on any atom is 0.347 e. The Morgan fingerprint density at radius 3 is 2.75 bits per heavy atom. The van der Waals surface area contributed by atoms with Gasteiger partial charge in [-0.1, -0.05) is 0 Å². The number of nitrogens with zero attached hydrogens (tertiary/aromatic N) is 2. The van der Waals surface area contributed by atoms with Crippen molar-refractivity contribution < 1.29 is 0 Å². The highest BCUT2D eigenvalue weighted by Crippen LogP contribution is 2.24. The van der Waals surface area contributed by atoms with E-state index < -0.39 is 0 Å². The molecule has 3 rings (SSSR count). The van der Waals surface area contributed by atoms with E-state index in [-0.39, 0.29) is 5.69 Å². The molecule has 2 aliphatic heterocycles. The number of rotatable bonds is 1. The fourth-order valence-electron chi connectivity index (χ4n) is 2.35. The Kier molecular flexibility index (Phi) is 2.40. The van der Waals surface area contributed by atoms with Gasteiger partial charge in [0.05, 0.1) is 0 Å². The van der Waals surface area contributed by atoms with Crippen LogP contribution in [0.5, 0.6) is 0 Å². The van der Waals surface area contributed by atoms with E-state index in [9.17, 15) is 4.79 Å². The third kappa shape index (κ3) is 1.61. The molecule has 2 N–H and O–H groups in total. The summed E-state index contributed by atoms with van der Waals surface area (Å²) in [6.45, 7) is 3.99. The number of aromatic amines is 1. The van der Waals surface area contributed by atoms with Crippen LogP contribution in [0.3, 0.4) is 0 Å². The van der Waals surface area contributed by atoms with Crippen LogP contribution in [-0.4, -0.2) is 36.1 Å². The molecular formula is C11H16N4O. The van der Waals surface area contributed by atoms with Crippen LogP contribution < -0.4 is 15.9 Å². The zero-order valence-electron chi connectivity index (χ0n) is 9.25. The van der Waals surface area contributed by atoms with Crippen molar-refractivity contribution in [1.29, 1.82) is 0 Å². The summed E-state index contributed by atoms with van der Waals surface area (Å²) < 4.78 is 0. The van der Waals surface area contributed by atoms with Gasteiger partial charge in [-0.3, -0.25) is 0 Å².